The number of amides is 2. The lowest BCUT2D eigenvalue weighted by Crippen LogP contribution is -2.56. The molecule has 2 fully saturated rings. The van der Waals surface area contributed by atoms with Gasteiger partial charge >= 0.3 is 5.97 Å². The molecule has 1 aromatic carbocycles. The van der Waals surface area contributed by atoms with Gasteiger partial charge in [0.15, 0.2) is 0 Å². The van der Waals surface area contributed by atoms with Crippen molar-refractivity contribution in [3.8, 4) is 5.75 Å². The second kappa shape index (κ2) is 6.92. The standard InChI is InChI=1S/C18H22N2O5S/c1-20-15(22)12-13(16(20)23)18(8-9-26-3,17(24)25-2)19-14(12)10-4-6-11(21)7-5-10/h4-7,12-14,19,21H,8-9H2,1-3H3/t12-,13+,14+,18-/m1/s1. The van der Waals surface area contributed by atoms with E-state index >= 15 is 0 Å². The van der Waals surface area contributed by atoms with Crippen LogP contribution in [0.15, 0.2) is 24.3 Å². The van der Waals surface area contributed by atoms with Crippen LogP contribution >= 0.6 is 11.8 Å². The van der Waals surface area contributed by atoms with Crippen LogP contribution in [0.1, 0.15) is 18.0 Å². The predicted molar refractivity (Wildman–Crippen MR) is 96.5 cm³/mol. The lowest BCUT2D eigenvalue weighted by atomic mass is 9.78. The highest BCUT2D eigenvalue weighted by Gasteiger charge is 2.67. The molecule has 0 spiro atoms. The van der Waals surface area contributed by atoms with Crippen molar-refractivity contribution in [3.63, 3.8) is 0 Å². The van der Waals surface area contributed by atoms with Gasteiger partial charge < -0.3 is 9.84 Å². The highest BCUT2D eigenvalue weighted by atomic mass is 32.2. The maximum absolute atomic E-state index is 12.8. The monoisotopic (exact) mass is 378 g/mol. The Hall–Kier alpha value is -2.06. The molecule has 1 aromatic rings. The van der Waals surface area contributed by atoms with E-state index in [1.807, 2.05) is 6.26 Å². The fraction of sp³-hybridized carbons (Fsp3) is 0.500. The van der Waals surface area contributed by atoms with E-state index in [9.17, 15) is 19.5 Å². The molecule has 7 nitrogen and oxygen atoms in total. The maximum atomic E-state index is 12.8. The number of phenolic OH excluding ortho intramolecular Hbond substituents is 1. The summed E-state index contributed by atoms with van der Waals surface area (Å²) in [7, 11) is 2.74. The number of rotatable bonds is 5. The Labute approximate surface area is 156 Å². The maximum Gasteiger partial charge on any atom is 0.326 e. The van der Waals surface area contributed by atoms with Crippen molar-refractivity contribution < 1.29 is 24.2 Å². The average Bonchev–Trinajstić information content (AvgIpc) is 3.10. The Morgan fingerprint density at radius 1 is 1.31 bits per heavy atom. The number of carbonyl (C=O) groups is 3. The third kappa shape index (κ3) is 2.68. The number of methoxy groups -OCH3 is 1. The Bertz CT molecular complexity index is 738. The zero-order valence-corrected chi connectivity index (χ0v) is 15.7. The van der Waals surface area contributed by atoms with Crippen LogP contribution < -0.4 is 5.32 Å². The molecule has 0 bridgehead atoms. The SMILES string of the molecule is COC(=O)[C@]1(CCSC)N[C@@H](c2ccc(O)cc2)[C@@H]2C(=O)N(C)C(=O)[C@H]21. The molecule has 2 aliphatic rings. The van der Waals surface area contributed by atoms with Gasteiger partial charge in [-0.3, -0.25) is 24.6 Å². The van der Waals surface area contributed by atoms with Gasteiger partial charge in [-0.05, 0) is 36.1 Å². The normalized spacial score (nSPS) is 30.6. The first kappa shape index (κ1) is 18.7. The summed E-state index contributed by atoms with van der Waals surface area (Å²) in [6, 6.07) is 5.93. The minimum absolute atomic E-state index is 0.107. The summed E-state index contributed by atoms with van der Waals surface area (Å²) in [5, 5.41) is 12.8. The minimum Gasteiger partial charge on any atom is -0.508 e. The molecular weight excluding hydrogens is 356 g/mol. The van der Waals surface area contributed by atoms with Gasteiger partial charge in [0.2, 0.25) is 11.8 Å². The highest BCUT2D eigenvalue weighted by Crippen LogP contribution is 2.50. The molecule has 0 aromatic heterocycles. The second-order valence-corrected chi connectivity index (χ2v) is 7.64. The van der Waals surface area contributed by atoms with Crippen LogP contribution in [0, 0.1) is 11.8 Å². The molecule has 8 heteroatoms. The first-order valence-electron chi connectivity index (χ1n) is 8.32. The molecule has 2 N–H and O–H groups in total. The third-order valence-electron chi connectivity index (χ3n) is 5.38. The second-order valence-electron chi connectivity index (χ2n) is 6.66. The molecular formula is C18H22N2O5S. The van der Waals surface area contributed by atoms with Crippen LogP contribution in [-0.4, -0.2) is 59.5 Å². The topological polar surface area (TPSA) is 95.9 Å². The molecule has 2 heterocycles. The van der Waals surface area contributed by atoms with Crippen LogP contribution in [0.3, 0.4) is 0 Å². The average molecular weight is 378 g/mol. The van der Waals surface area contributed by atoms with E-state index in [1.165, 1.54) is 26.3 Å². The van der Waals surface area contributed by atoms with Crippen LogP contribution in [0.25, 0.3) is 0 Å². The van der Waals surface area contributed by atoms with Gasteiger partial charge in [0.25, 0.3) is 0 Å². The predicted octanol–water partition coefficient (Wildman–Crippen LogP) is 0.932. The largest absolute Gasteiger partial charge is 0.508 e. The van der Waals surface area contributed by atoms with Crippen LogP contribution in [0.4, 0.5) is 0 Å². The summed E-state index contributed by atoms with van der Waals surface area (Å²) < 4.78 is 5.03. The van der Waals surface area contributed by atoms with Crippen molar-refractivity contribution in [2.75, 3.05) is 26.2 Å². The van der Waals surface area contributed by atoms with E-state index in [1.54, 1.807) is 23.9 Å². The van der Waals surface area contributed by atoms with Gasteiger partial charge in [0.05, 0.1) is 18.9 Å². The fourth-order valence-electron chi connectivity index (χ4n) is 4.08. The van der Waals surface area contributed by atoms with E-state index in [-0.39, 0.29) is 17.6 Å². The van der Waals surface area contributed by atoms with E-state index < -0.39 is 29.4 Å². The molecule has 140 valence electrons. The van der Waals surface area contributed by atoms with E-state index in [0.29, 0.717) is 12.2 Å². The molecule has 0 radical (unpaired) electrons. The lowest BCUT2D eigenvalue weighted by molar-refractivity contribution is -0.154. The number of thioether (sulfide) groups is 1. The quantitative estimate of drug-likeness (QED) is 0.581. The van der Waals surface area contributed by atoms with Gasteiger partial charge in [0, 0.05) is 13.1 Å². The Kier molecular flexibility index (Phi) is 4.98. The number of nitrogens with zero attached hydrogens (tertiary/aromatic N) is 1. The summed E-state index contributed by atoms with van der Waals surface area (Å²) >= 11 is 1.56. The molecule has 2 saturated heterocycles. The van der Waals surface area contributed by atoms with Crippen molar-refractivity contribution >= 4 is 29.5 Å². The molecule has 0 saturated carbocycles. The molecule has 4 atom stereocenters. The van der Waals surface area contributed by atoms with Gasteiger partial charge in [-0.1, -0.05) is 12.1 Å². The first-order valence-corrected chi connectivity index (χ1v) is 9.72. The number of aromatic hydroxyl groups is 1. The van der Waals surface area contributed by atoms with E-state index in [4.69, 9.17) is 4.74 Å². The molecule has 0 unspecified atom stereocenters. The Balaban J connectivity index is 2.11. The molecule has 2 aliphatic heterocycles. The zero-order valence-electron chi connectivity index (χ0n) is 14.9. The molecule has 26 heavy (non-hydrogen) atoms. The fourth-order valence-corrected chi connectivity index (χ4v) is 4.61. The van der Waals surface area contributed by atoms with Crippen LogP contribution in [-0.2, 0) is 19.1 Å². The number of fused-ring (bicyclic) bond motifs is 1. The summed E-state index contributed by atoms with van der Waals surface area (Å²) in [4.78, 5) is 39.5. The van der Waals surface area contributed by atoms with Crippen molar-refractivity contribution in [1.82, 2.24) is 10.2 Å². The smallest absolute Gasteiger partial charge is 0.326 e. The van der Waals surface area contributed by atoms with Crippen LogP contribution in [0.5, 0.6) is 5.75 Å². The Morgan fingerprint density at radius 2 is 1.96 bits per heavy atom. The number of nitrogens with one attached hydrogen (secondary N) is 1. The van der Waals surface area contributed by atoms with Crippen molar-refractivity contribution in [2.24, 2.45) is 11.8 Å². The van der Waals surface area contributed by atoms with Crippen LogP contribution in [0.2, 0.25) is 0 Å². The summed E-state index contributed by atoms with van der Waals surface area (Å²) in [6.45, 7) is 0. The number of carbonyl (C=O) groups excluding carboxylic acids is 3. The number of phenols is 1. The van der Waals surface area contributed by atoms with Gasteiger partial charge in [0.1, 0.15) is 11.3 Å². The van der Waals surface area contributed by atoms with Gasteiger partial charge in [-0.25, -0.2) is 0 Å². The number of ether oxygens (including phenoxy) is 1. The molecule has 3 rings (SSSR count). The summed E-state index contributed by atoms with van der Waals surface area (Å²) in [5.41, 5.74) is -0.508. The lowest BCUT2D eigenvalue weighted by Gasteiger charge is -2.32. The van der Waals surface area contributed by atoms with E-state index in [2.05, 4.69) is 5.32 Å². The molecule has 2 amide bonds. The van der Waals surface area contributed by atoms with Gasteiger partial charge in [-0.2, -0.15) is 11.8 Å². The highest BCUT2D eigenvalue weighted by molar-refractivity contribution is 7.98. The van der Waals surface area contributed by atoms with Crippen molar-refractivity contribution in [2.45, 2.75) is 18.0 Å². The summed E-state index contributed by atoms with van der Waals surface area (Å²) in [5.74, 6) is -1.94. The number of hydrogen-bond donors (Lipinski definition) is 2. The minimum atomic E-state index is -1.25. The number of likely N-dealkylation sites (tertiary alicyclic amines) is 1. The number of benzene rings is 1. The van der Waals surface area contributed by atoms with Crippen molar-refractivity contribution in [1.29, 1.82) is 0 Å². The number of imide groups is 1. The third-order valence-corrected chi connectivity index (χ3v) is 5.99. The zero-order chi connectivity index (χ0) is 19.1. The van der Waals surface area contributed by atoms with E-state index in [0.717, 1.165) is 10.5 Å². The molecule has 0 aliphatic carbocycles. The number of esters is 1. The van der Waals surface area contributed by atoms with Gasteiger partial charge in [-0.15, -0.1) is 0 Å². The first-order chi connectivity index (χ1) is 12.4. The van der Waals surface area contributed by atoms with Crippen molar-refractivity contribution in [3.05, 3.63) is 29.8 Å². The summed E-state index contributed by atoms with van der Waals surface area (Å²) in [6.07, 6.45) is 2.30. The Morgan fingerprint density at radius 3 is 2.54 bits per heavy atom. The number of hydrogen-bond acceptors (Lipinski definition) is 7.